The van der Waals surface area contributed by atoms with Crippen molar-refractivity contribution >= 4 is 11.7 Å². The zero-order valence-electron chi connectivity index (χ0n) is 11.4. The molecule has 1 heterocycles. The third-order valence-corrected chi connectivity index (χ3v) is 2.88. The standard InChI is InChI=1S/C15H16N2O3/c1-3-10-6-4-5-7-13(10)20-14-8-11(15(18)19-2)12(16)9-17-14/h4-9H,3,16H2,1-2H3. The van der Waals surface area contributed by atoms with E-state index in [-0.39, 0.29) is 11.3 Å². The van der Waals surface area contributed by atoms with E-state index in [1.54, 1.807) is 0 Å². The van der Waals surface area contributed by atoms with Gasteiger partial charge < -0.3 is 15.2 Å². The Kier molecular flexibility index (Phi) is 4.20. The van der Waals surface area contributed by atoms with Crippen LogP contribution in [0, 0.1) is 0 Å². The van der Waals surface area contributed by atoms with Crippen LogP contribution in [0.2, 0.25) is 0 Å². The number of rotatable bonds is 4. The lowest BCUT2D eigenvalue weighted by Crippen LogP contribution is -2.06. The van der Waals surface area contributed by atoms with E-state index in [9.17, 15) is 4.79 Å². The number of hydrogen-bond donors (Lipinski definition) is 1. The van der Waals surface area contributed by atoms with Crippen molar-refractivity contribution in [3.8, 4) is 11.6 Å². The van der Waals surface area contributed by atoms with Gasteiger partial charge in [0, 0.05) is 6.07 Å². The Hall–Kier alpha value is -2.56. The second-order valence-electron chi connectivity index (χ2n) is 4.16. The number of benzene rings is 1. The van der Waals surface area contributed by atoms with Gasteiger partial charge >= 0.3 is 5.97 Å². The van der Waals surface area contributed by atoms with Crippen molar-refractivity contribution in [2.45, 2.75) is 13.3 Å². The molecule has 0 aliphatic rings. The molecule has 0 radical (unpaired) electrons. The highest BCUT2D eigenvalue weighted by atomic mass is 16.5. The van der Waals surface area contributed by atoms with E-state index in [0.29, 0.717) is 11.6 Å². The fourth-order valence-corrected chi connectivity index (χ4v) is 1.80. The van der Waals surface area contributed by atoms with E-state index < -0.39 is 5.97 Å². The minimum atomic E-state index is -0.515. The highest BCUT2D eigenvalue weighted by Gasteiger charge is 2.13. The van der Waals surface area contributed by atoms with Gasteiger partial charge in [-0.2, -0.15) is 0 Å². The molecule has 2 N–H and O–H groups in total. The number of nitrogen functional groups attached to an aromatic ring is 1. The number of anilines is 1. The molecule has 0 unspecified atom stereocenters. The van der Waals surface area contributed by atoms with Crippen LogP contribution in [0.1, 0.15) is 22.8 Å². The van der Waals surface area contributed by atoms with E-state index >= 15 is 0 Å². The molecule has 0 aliphatic carbocycles. The maximum absolute atomic E-state index is 11.6. The summed E-state index contributed by atoms with van der Waals surface area (Å²) in [6.07, 6.45) is 2.23. The number of esters is 1. The molecule has 0 spiro atoms. The Morgan fingerprint density at radius 3 is 2.80 bits per heavy atom. The summed E-state index contributed by atoms with van der Waals surface area (Å²) in [7, 11) is 1.30. The zero-order valence-corrected chi connectivity index (χ0v) is 11.4. The molecule has 0 amide bonds. The van der Waals surface area contributed by atoms with Crippen molar-refractivity contribution in [2.24, 2.45) is 0 Å². The van der Waals surface area contributed by atoms with Crippen molar-refractivity contribution in [3.63, 3.8) is 0 Å². The number of nitrogens with two attached hydrogens (primary N) is 1. The van der Waals surface area contributed by atoms with Crippen LogP contribution in [-0.2, 0) is 11.2 Å². The third kappa shape index (κ3) is 2.88. The van der Waals surface area contributed by atoms with E-state index in [2.05, 4.69) is 9.72 Å². The Balaban J connectivity index is 2.32. The Bertz CT molecular complexity index is 626. The summed E-state index contributed by atoms with van der Waals surface area (Å²) >= 11 is 0. The molecule has 5 heteroatoms. The van der Waals surface area contributed by atoms with Crippen LogP contribution in [0.4, 0.5) is 5.69 Å². The number of pyridine rings is 1. The van der Waals surface area contributed by atoms with Gasteiger partial charge in [0.05, 0.1) is 24.6 Å². The number of carbonyl (C=O) groups is 1. The molecule has 20 heavy (non-hydrogen) atoms. The molecule has 2 rings (SSSR count). The first kappa shape index (κ1) is 13.9. The largest absolute Gasteiger partial charge is 0.465 e. The minimum absolute atomic E-state index is 0.242. The Morgan fingerprint density at radius 1 is 1.35 bits per heavy atom. The number of carbonyl (C=O) groups excluding carboxylic acids is 1. The van der Waals surface area contributed by atoms with E-state index in [1.807, 2.05) is 31.2 Å². The summed E-state index contributed by atoms with van der Waals surface area (Å²) in [5, 5.41) is 0. The lowest BCUT2D eigenvalue weighted by atomic mass is 10.1. The molecular weight excluding hydrogens is 256 g/mol. The molecule has 0 aliphatic heterocycles. The van der Waals surface area contributed by atoms with Crippen LogP contribution in [0.5, 0.6) is 11.6 Å². The predicted molar refractivity (Wildman–Crippen MR) is 75.9 cm³/mol. The second kappa shape index (κ2) is 6.06. The molecule has 1 aromatic heterocycles. The van der Waals surface area contributed by atoms with Crippen molar-refractivity contribution < 1.29 is 14.3 Å². The maximum atomic E-state index is 11.6. The minimum Gasteiger partial charge on any atom is -0.465 e. The molecule has 2 aromatic rings. The van der Waals surface area contributed by atoms with Crippen LogP contribution in [0.15, 0.2) is 36.5 Å². The molecule has 0 atom stereocenters. The third-order valence-electron chi connectivity index (χ3n) is 2.88. The van der Waals surface area contributed by atoms with Gasteiger partial charge in [-0.05, 0) is 18.1 Å². The highest BCUT2D eigenvalue weighted by Crippen LogP contribution is 2.26. The monoisotopic (exact) mass is 272 g/mol. The highest BCUT2D eigenvalue weighted by molar-refractivity contribution is 5.95. The quantitative estimate of drug-likeness (QED) is 0.866. The first-order valence-electron chi connectivity index (χ1n) is 6.25. The average Bonchev–Trinajstić information content (AvgIpc) is 2.49. The molecule has 104 valence electrons. The summed E-state index contributed by atoms with van der Waals surface area (Å²) in [5.41, 5.74) is 7.26. The van der Waals surface area contributed by atoms with Gasteiger partial charge in [0.2, 0.25) is 5.88 Å². The molecule has 0 fully saturated rings. The molecule has 5 nitrogen and oxygen atoms in total. The molecule has 0 saturated carbocycles. The van der Waals surface area contributed by atoms with Crippen LogP contribution in [0.25, 0.3) is 0 Å². The molecular formula is C15H16N2O3. The predicted octanol–water partition coefficient (Wildman–Crippen LogP) is 2.81. The maximum Gasteiger partial charge on any atom is 0.340 e. The van der Waals surface area contributed by atoms with Crippen molar-refractivity contribution in [1.82, 2.24) is 4.98 Å². The summed E-state index contributed by atoms with van der Waals surface area (Å²) in [5.74, 6) is 0.502. The van der Waals surface area contributed by atoms with Gasteiger partial charge in [0.1, 0.15) is 5.75 Å². The molecule has 0 bridgehead atoms. The van der Waals surface area contributed by atoms with Crippen molar-refractivity contribution in [2.75, 3.05) is 12.8 Å². The number of para-hydroxylation sites is 1. The number of ether oxygens (including phenoxy) is 2. The van der Waals surface area contributed by atoms with Crippen LogP contribution >= 0.6 is 0 Å². The summed E-state index contributed by atoms with van der Waals surface area (Å²) in [4.78, 5) is 15.6. The van der Waals surface area contributed by atoms with Gasteiger partial charge in [-0.15, -0.1) is 0 Å². The Labute approximate surface area is 117 Å². The fraction of sp³-hybridized carbons (Fsp3) is 0.200. The second-order valence-corrected chi connectivity index (χ2v) is 4.16. The van der Waals surface area contributed by atoms with Crippen LogP contribution < -0.4 is 10.5 Å². The number of aromatic nitrogens is 1. The van der Waals surface area contributed by atoms with E-state index in [0.717, 1.165) is 12.0 Å². The fourth-order valence-electron chi connectivity index (χ4n) is 1.80. The van der Waals surface area contributed by atoms with Gasteiger partial charge in [-0.25, -0.2) is 9.78 Å². The van der Waals surface area contributed by atoms with E-state index in [1.165, 1.54) is 19.4 Å². The van der Waals surface area contributed by atoms with Gasteiger partial charge in [0.25, 0.3) is 0 Å². The van der Waals surface area contributed by atoms with Crippen LogP contribution in [-0.4, -0.2) is 18.1 Å². The number of hydrogen-bond acceptors (Lipinski definition) is 5. The number of nitrogens with zero attached hydrogens (tertiary/aromatic N) is 1. The lowest BCUT2D eigenvalue weighted by molar-refractivity contribution is 0.0601. The average molecular weight is 272 g/mol. The molecule has 1 aromatic carbocycles. The van der Waals surface area contributed by atoms with Gasteiger partial charge in [-0.3, -0.25) is 0 Å². The molecule has 0 saturated heterocycles. The summed E-state index contributed by atoms with van der Waals surface area (Å²) in [6, 6.07) is 9.14. The van der Waals surface area contributed by atoms with Gasteiger partial charge in [-0.1, -0.05) is 25.1 Å². The first-order chi connectivity index (χ1) is 9.65. The lowest BCUT2D eigenvalue weighted by Gasteiger charge is -2.10. The van der Waals surface area contributed by atoms with Crippen molar-refractivity contribution in [1.29, 1.82) is 0 Å². The van der Waals surface area contributed by atoms with E-state index in [4.69, 9.17) is 10.5 Å². The van der Waals surface area contributed by atoms with Gasteiger partial charge in [0.15, 0.2) is 0 Å². The normalized spacial score (nSPS) is 10.1. The number of aryl methyl sites for hydroxylation is 1. The Morgan fingerprint density at radius 2 is 2.10 bits per heavy atom. The first-order valence-corrected chi connectivity index (χ1v) is 6.25. The van der Waals surface area contributed by atoms with Crippen molar-refractivity contribution in [3.05, 3.63) is 47.7 Å². The smallest absolute Gasteiger partial charge is 0.340 e. The topological polar surface area (TPSA) is 74.4 Å². The SMILES string of the molecule is CCc1ccccc1Oc1cc(C(=O)OC)c(N)cn1. The zero-order chi connectivity index (χ0) is 14.5. The van der Waals surface area contributed by atoms with Crippen LogP contribution in [0.3, 0.4) is 0 Å². The summed E-state index contributed by atoms with van der Waals surface area (Å²) in [6.45, 7) is 2.04. The number of methoxy groups -OCH3 is 1. The summed E-state index contributed by atoms with van der Waals surface area (Å²) < 4.78 is 10.4.